The van der Waals surface area contributed by atoms with Gasteiger partial charge in [-0.1, -0.05) is 12.1 Å². The third-order valence-corrected chi connectivity index (χ3v) is 6.00. The first-order valence-electron chi connectivity index (χ1n) is 10.3. The fourth-order valence-corrected chi connectivity index (χ4v) is 4.41. The zero-order valence-corrected chi connectivity index (χ0v) is 17.2. The SMILES string of the molecule is Cc1cc(N2CC3CCN(C(=O)c4ccccc4-n4nccn4)CC32)nc(C(F)(F)F)n1. The number of halogens is 3. The number of amides is 1. The lowest BCUT2D eigenvalue weighted by Gasteiger charge is -2.54. The van der Waals surface area contributed by atoms with Crippen LogP contribution in [0.25, 0.3) is 5.69 Å². The van der Waals surface area contributed by atoms with Gasteiger partial charge in [0.2, 0.25) is 5.82 Å². The number of piperidine rings is 1. The Morgan fingerprint density at radius 2 is 1.84 bits per heavy atom. The molecule has 11 heteroatoms. The number of benzene rings is 1. The Morgan fingerprint density at radius 3 is 2.59 bits per heavy atom. The molecule has 32 heavy (non-hydrogen) atoms. The fraction of sp³-hybridized carbons (Fsp3) is 0.381. The third-order valence-electron chi connectivity index (χ3n) is 6.00. The average Bonchev–Trinajstić information content (AvgIpc) is 3.28. The van der Waals surface area contributed by atoms with Crippen LogP contribution in [0.2, 0.25) is 0 Å². The van der Waals surface area contributed by atoms with Gasteiger partial charge in [-0.25, -0.2) is 9.97 Å². The number of carbonyl (C=O) groups excluding carboxylic acids is 1. The highest BCUT2D eigenvalue weighted by atomic mass is 19.4. The number of aromatic nitrogens is 5. The molecule has 2 atom stereocenters. The van der Waals surface area contributed by atoms with E-state index in [0.717, 1.165) is 6.42 Å². The number of fused-ring (bicyclic) bond motifs is 1. The molecule has 1 aromatic carbocycles. The molecule has 0 N–H and O–H groups in total. The molecule has 0 bridgehead atoms. The first kappa shape index (κ1) is 20.4. The summed E-state index contributed by atoms with van der Waals surface area (Å²) in [5, 5.41) is 8.24. The minimum absolute atomic E-state index is 0.0851. The monoisotopic (exact) mass is 443 g/mol. The summed E-state index contributed by atoms with van der Waals surface area (Å²) in [6.07, 6.45) is -0.745. The van der Waals surface area contributed by atoms with Crippen LogP contribution in [0, 0.1) is 12.8 Å². The molecule has 2 fully saturated rings. The minimum atomic E-state index is -4.61. The molecule has 2 aliphatic rings. The number of hydrogen-bond acceptors (Lipinski definition) is 6. The van der Waals surface area contributed by atoms with E-state index in [0.29, 0.717) is 36.8 Å². The Balaban J connectivity index is 1.38. The lowest BCUT2D eigenvalue weighted by molar-refractivity contribution is -0.145. The summed E-state index contributed by atoms with van der Waals surface area (Å²) in [5.41, 5.74) is 1.32. The van der Waals surface area contributed by atoms with Gasteiger partial charge in [-0.15, -0.1) is 0 Å². The molecule has 166 valence electrons. The number of hydrogen-bond donors (Lipinski definition) is 0. The van der Waals surface area contributed by atoms with Gasteiger partial charge in [-0.3, -0.25) is 4.79 Å². The van der Waals surface area contributed by atoms with E-state index in [4.69, 9.17) is 0 Å². The Kier molecular flexibility index (Phi) is 4.83. The highest BCUT2D eigenvalue weighted by Crippen LogP contribution is 2.37. The predicted molar refractivity (Wildman–Crippen MR) is 108 cm³/mol. The molecule has 2 aromatic heterocycles. The van der Waals surface area contributed by atoms with Crippen molar-refractivity contribution in [2.75, 3.05) is 24.5 Å². The molecule has 0 aliphatic carbocycles. The maximum atomic E-state index is 13.3. The van der Waals surface area contributed by atoms with Gasteiger partial charge in [0.05, 0.1) is 29.7 Å². The highest BCUT2D eigenvalue weighted by Gasteiger charge is 2.45. The second-order valence-electron chi connectivity index (χ2n) is 8.04. The number of aryl methyl sites for hydroxylation is 1. The molecule has 5 rings (SSSR count). The van der Waals surface area contributed by atoms with Crippen molar-refractivity contribution in [3.8, 4) is 5.69 Å². The van der Waals surface area contributed by atoms with Gasteiger partial charge in [0, 0.05) is 37.3 Å². The number of nitrogens with zero attached hydrogens (tertiary/aromatic N) is 7. The van der Waals surface area contributed by atoms with Crippen LogP contribution in [0.4, 0.5) is 19.0 Å². The molecule has 1 amide bonds. The Hall–Kier alpha value is -3.50. The quantitative estimate of drug-likeness (QED) is 0.619. The second-order valence-corrected chi connectivity index (χ2v) is 8.04. The summed E-state index contributed by atoms with van der Waals surface area (Å²) in [6.45, 7) is 3.14. The van der Waals surface area contributed by atoms with Crippen molar-refractivity contribution in [2.24, 2.45) is 5.92 Å². The zero-order valence-electron chi connectivity index (χ0n) is 17.2. The molecule has 2 unspecified atom stereocenters. The summed E-state index contributed by atoms with van der Waals surface area (Å²) in [7, 11) is 0. The van der Waals surface area contributed by atoms with E-state index in [9.17, 15) is 18.0 Å². The van der Waals surface area contributed by atoms with Crippen molar-refractivity contribution in [1.29, 1.82) is 0 Å². The smallest absolute Gasteiger partial charge is 0.351 e. The normalized spacial score (nSPS) is 20.6. The van der Waals surface area contributed by atoms with Crippen LogP contribution in [0.1, 0.15) is 28.3 Å². The van der Waals surface area contributed by atoms with Crippen LogP contribution in [-0.2, 0) is 6.18 Å². The van der Waals surface area contributed by atoms with E-state index < -0.39 is 12.0 Å². The molecule has 4 heterocycles. The molecule has 8 nitrogen and oxygen atoms in total. The standard InChI is InChI=1S/C21H20F3N7O/c1-13-10-18(28-20(27-13)21(22,23)24)30-11-14-6-9-29(12-17(14)30)19(32)15-4-2-3-5-16(15)31-25-7-8-26-31/h2-5,7-8,10,14,17H,6,9,11-12H2,1H3. The predicted octanol–water partition coefficient (Wildman–Crippen LogP) is 2.74. The van der Waals surface area contributed by atoms with Crippen molar-refractivity contribution in [3.63, 3.8) is 0 Å². The van der Waals surface area contributed by atoms with Crippen molar-refractivity contribution < 1.29 is 18.0 Å². The first-order chi connectivity index (χ1) is 15.3. The molecule has 0 radical (unpaired) electrons. The number of likely N-dealkylation sites (tertiary alicyclic amines) is 1. The summed E-state index contributed by atoms with van der Waals surface area (Å²) in [6, 6.07) is 8.58. The van der Waals surface area contributed by atoms with Crippen LogP contribution in [-0.4, -0.2) is 61.4 Å². The zero-order chi connectivity index (χ0) is 22.5. The number of alkyl halides is 3. The maximum Gasteiger partial charge on any atom is 0.451 e. The number of anilines is 1. The van der Waals surface area contributed by atoms with E-state index in [1.807, 2.05) is 11.0 Å². The summed E-state index contributed by atoms with van der Waals surface area (Å²) < 4.78 is 39.5. The maximum absolute atomic E-state index is 13.3. The van der Waals surface area contributed by atoms with Crippen LogP contribution >= 0.6 is 0 Å². The summed E-state index contributed by atoms with van der Waals surface area (Å²) in [5.74, 6) is -0.730. The van der Waals surface area contributed by atoms with Crippen molar-refractivity contribution in [1.82, 2.24) is 29.9 Å². The van der Waals surface area contributed by atoms with Crippen LogP contribution in [0.5, 0.6) is 0 Å². The van der Waals surface area contributed by atoms with Gasteiger partial charge in [0.1, 0.15) is 5.82 Å². The van der Waals surface area contributed by atoms with Gasteiger partial charge in [-0.05, 0) is 25.5 Å². The molecule has 2 saturated heterocycles. The molecular weight excluding hydrogens is 423 g/mol. The van der Waals surface area contributed by atoms with Crippen molar-refractivity contribution in [3.05, 3.63) is 59.8 Å². The Labute approximate surface area is 181 Å². The molecular formula is C21H20F3N7O. The topological polar surface area (TPSA) is 80.0 Å². The van der Waals surface area contributed by atoms with Gasteiger partial charge in [0.25, 0.3) is 5.91 Å². The molecule has 0 spiro atoms. The molecule has 2 aliphatic heterocycles. The van der Waals surface area contributed by atoms with Crippen LogP contribution in [0.3, 0.4) is 0 Å². The van der Waals surface area contributed by atoms with E-state index in [1.54, 1.807) is 29.2 Å². The van der Waals surface area contributed by atoms with Crippen molar-refractivity contribution >= 4 is 11.7 Å². The lowest BCUT2D eigenvalue weighted by atomic mass is 9.82. The molecule has 3 aromatic rings. The summed E-state index contributed by atoms with van der Waals surface area (Å²) >= 11 is 0. The Morgan fingerprint density at radius 1 is 1.09 bits per heavy atom. The largest absolute Gasteiger partial charge is 0.451 e. The molecule has 0 saturated carbocycles. The minimum Gasteiger partial charge on any atom is -0.351 e. The van der Waals surface area contributed by atoms with E-state index in [2.05, 4.69) is 20.2 Å². The van der Waals surface area contributed by atoms with Crippen LogP contribution in [0.15, 0.2) is 42.7 Å². The number of para-hydroxylation sites is 1. The summed E-state index contributed by atoms with van der Waals surface area (Å²) in [4.78, 5) is 25.6. The van der Waals surface area contributed by atoms with Gasteiger partial charge in [0.15, 0.2) is 0 Å². The highest BCUT2D eigenvalue weighted by molar-refractivity contribution is 5.97. The van der Waals surface area contributed by atoms with Gasteiger partial charge >= 0.3 is 6.18 Å². The first-order valence-corrected chi connectivity index (χ1v) is 10.3. The van der Waals surface area contributed by atoms with E-state index >= 15 is 0 Å². The van der Waals surface area contributed by atoms with E-state index in [1.165, 1.54) is 24.1 Å². The number of rotatable bonds is 3. The second kappa shape index (κ2) is 7.57. The fourth-order valence-electron chi connectivity index (χ4n) is 4.41. The van der Waals surface area contributed by atoms with Gasteiger partial charge in [-0.2, -0.15) is 28.2 Å². The Bertz CT molecular complexity index is 1150. The van der Waals surface area contributed by atoms with Crippen LogP contribution < -0.4 is 4.90 Å². The lowest BCUT2D eigenvalue weighted by Crippen LogP contribution is -2.65. The van der Waals surface area contributed by atoms with Crippen molar-refractivity contribution in [2.45, 2.75) is 25.6 Å². The third kappa shape index (κ3) is 3.57. The van der Waals surface area contributed by atoms with Gasteiger partial charge < -0.3 is 9.80 Å². The number of carbonyl (C=O) groups is 1. The average molecular weight is 443 g/mol. The van der Waals surface area contributed by atoms with E-state index in [-0.39, 0.29) is 23.5 Å².